The number of fused-ring (bicyclic) bond motifs is 1. The van der Waals surface area contributed by atoms with E-state index in [9.17, 15) is 29.1 Å². The van der Waals surface area contributed by atoms with Crippen LogP contribution in [0.1, 0.15) is 77.7 Å². The van der Waals surface area contributed by atoms with Gasteiger partial charge >= 0.3 is 18.2 Å². The van der Waals surface area contributed by atoms with Gasteiger partial charge in [0.1, 0.15) is 31.3 Å². The van der Waals surface area contributed by atoms with Crippen LogP contribution in [-0.4, -0.2) is 144 Å². The van der Waals surface area contributed by atoms with E-state index >= 15 is 4.39 Å². The number of hydrogen-bond donors (Lipinski definition) is 6. The molecule has 436 valence electrons. The van der Waals surface area contributed by atoms with Gasteiger partial charge in [-0.1, -0.05) is 47.3 Å². The van der Waals surface area contributed by atoms with Crippen LogP contribution in [0.25, 0.3) is 10.2 Å². The fourth-order valence-electron chi connectivity index (χ4n) is 8.08. The zero-order valence-corrected chi connectivity index (χ0v) is 49.2. The van der Waals surface area contributed by atoms with Gasteiger partial charge in [-0.2, -0.15) is 0 Å². The van der Waals surface area contributed by atoms with Crippen LogP contribution in [0, 0.1) is 49.3 Å². The highest BCUT2D eigenvalue weighted by atomic mass is 32.1. The number of thiazole rings is 2. The van der Waals surface area contributed by atoms with Crippen LogP contribution in [0.2, 0.25) is 0 Å². The number of carbonyl (C=O) groups is 5. The molecular formula is C59H68FN12O9S2+. The largest absolute Gasteiger partial charge is 0.491 e. The number of carbonyl (C=O) groups excluding carboxylic acids is 4. The molecule has 6 rings (SSSR count). The molecule has 6 N–H and O–H groups in total. The second-order valence-corrected chi connectivity index (χ2v) is 22.7. The maximum Gasteiger partial charge on any atom is 0.411 e. The van der Waals surface area contributed by atoms with E-state index in [4.69, 9.17) is 27.1 Å². The number of amides is 4. The molecule has 0 aliphatic rings. The van der Waals surface area contributed by atoms with Gasteiger partial charge in [0.2, 0.25) is 11.8 Å². The molecule has 0 saturated heterocycles. The Morgan fingerprint density at radius 2 is 1.73 bits per heavy atom. The smallest absolute Gasteiger partial charge is 0.411 e. The molecule has 3 aromatic carbocycles. The van der Waals surface area contributed by atoms with E-state index in [0.29, 0.717) is 87.0 Å². The highest BCUT2D eigenvalue weighted by molar-refractivity contribution is 7.22. The van der Waals surface area contributed by atoms with Gasteiger partial charge in [0, 0.05) is 28.7 Å². The average molecular weight is 1170 g/mol. The first-order chi connectivity index (χ1) is 39.5. The third-order valence-electron chi connectivity index (χ3n) is 12.1. The van der Waals surface area contributed by atoms with Crippen molar-refractivity contribution in [3.05, 3.63) is 105 Å². The van der Waals surface area contributed by atoms with Crippen LogP contribution < -0.4 is 36.2 Å². The summed E-state index contributed by atoms with van der Waals surface area (Å²) < 4.78 is 33.0. The lowest BCUT2D eigenvalue weighted by molar-refractivity contribution is -0.896. The molecule has 24 heteroatoms. The number of aromatic carboxylic acids is 1. The predicted octanol–water partition coefficient (Wildman–Crippen LogP) is 7.99. The first-order valence-corrected chi connectivity index (χ1v) is 28.0. The van der Waals surface area contributed by atoms with Crippen molar-refractivity contribution in [2.75, 3.05) is 83.1 Å². The molecule has 0 aliphatic carbocycles. The average Bonchev–Trinajstić information content (AvgIpc) is 4.08. The lowest BCUT2D eigenvalue weighted by atomic mass is 10.0. The summed E-state index contributed by atoms with van der Waals surface area (Å²) in [6.45, 7) is 7.52. The summed E-state index contributed by atoms with van der Waals surface area (Å²) in [6, 6.07) is 18.3. The Balaban J connectivity index is 1.07. The molecule has 0 fully saturated rings. The molecule has 0 bridgehead atoms. The van der Waals surface area contributed by atoms with Gasteiger partial charge in [-0.05, 0) is 133 Å². The number of aryl methyl sites for hydroxylation is 2. The number of halogens is 1. The van der Waals surface area contributed by atoms with E-state index in [1.165, 1.54) is 39.7 Å². The van der Waals surface area contributed by atoms with Crippen LogP contribution in [-0.2, 0) is 38.6 Å². The first-order valence-electron chi connectivity index (χ1n) is 26.3. The monoisotopic (exact) mass is 1170 g/mol. The molecule has 6 aromatic rings. The van der Waals surface area contributed by atoms with Gasteiger partial charge in [0.05, 0.1) is 44.0 Å². The Morgan fingerprint density at radius 1 is 0.952 bits per heavy atom. The van der Waals surface area contributed by atoms with E-state index in [1.54, 1.807) is 58.0 Å². The van der Waals surface area contributed by atoms with Crippen molar-refractivity contribution < 1.29 is 52.2 Å². The number of terminal acetylenes is 2. The van der Waals surface area contributed by atoms with Crippen molar-refractivity contribution in [1.29, 1.82) is 0 Å². The van der Waals surface area contributed by atoms with Crippen molar-refractivity contribution in [1.82, 2.24) is 41.0 Å². The SMILES string of the molecule is C#CCOC(=O)N(CC#C)Cc1cc(NC(=O)C(CCCNC)NC(=O)CNC(=O)OC(C)(C)C)ccc1C[N+](C)(C)CC#Cc1ccc(OCCCc2sc(N(C)c3cc(C)c(Nc4nc5ccccc5s4)nn3)nc2C(=O)O)c(F)c1. The number of hydrogen-bond acceptors (Lipinski definition) is 17. The number of para-hydroxylation sites is 1. The third kappa shape index (κ3) is 19.4. The van der Waals surface area contributed by atoms with Crippen molar-refractivity contribution >= 4 is 90.4 Å². The Labute approximate surface area is 490 Å². The number of anilines is 5. The second kappa shape index (κ2) is 29.7. The van der Waals surface area contributed by atoms with Crippen LogP contribution in [0.5, 0.6) is 5.75 Å². The number of aromatic nitrogens is 4. The number of carboxylic acid groups (broad SMARTS) is 1. The number of nitrogens with one attached hydrogen (secondary N) is 5. The quantitative estimate of drug-likeness (QED) is 0.0171. The Hall–Kier alpha value is -8.86. The van der Waals surface area contributed by atoms with Crippen LogP contribution in [0.15, 0.2) is 66.7 Å². The molecule has 3 heterocycles. The number of alkyl carbamates (subject to hydrolysis) is 1. The van der Waals surface area contributed by atoms with Gasteiger partial charge in [-0.3, -0.25) is 14.5 Å². The minimum atomic E-state index is -1.18. The number of quaternary nitrogens is 1. The minimum Gasteiger partial charge on any atom is -0.491 e. The molecule has 0 spiro atoms. The number of nitrogens with zero attached hydrogens (tertiary/aromatic N) is 7. The summed E-state index contributed by atoms with van der Waals surface area (Å²) in [7, 11) is 7.41. The zero-order valence-electron chi connectivity index (χ0n) is 47.6. The maximum atomic E-state index is 15.5. The molecule has 0 saturated carbocycles. The van der Waals surface area contributed by atoms with Crippen molar-refractivity contribution in [2.24, 2.45) is 0 Å². The summed E-state index contributed by atoms with van der Waals surface area (Å²) in [5.74, 6) is 9.07. The maximum absolute atomic E-state index is 15.5. The number of rotatable bonds is 26. The minimum absolute atomic E-state index is 0.0146. The summed E-state index contributed by atoms with van der Waals surface area (Å²) >= 11 is 2.71. The van der Waals surface area contributed by atoms with E-state index in [-0.39, 0.29) is 44.2 Å². The van der Waals surface area contributed by atoms with Crippen LogP contribution >= 0.6 is 22.7 Å². The molecule has 0 radical (unpaired) electrons. The van der Waals surface area contributed by atoms with Crippen molar-refractivity contribution in [3.8, 4) is 42.3 Å². The van der Waals surface area contributed by atoms with Crippen molar-refractivity contribution in [2.45, 2.75) is 78.1 Å². The van der Waals surface area contributed by atoms with Gasteiger partial charge in [0.15, 0.2) is 45.8 Å². The summed E-state index contributed by atoms with van der Waals surface area (Å²) in [6.07, 6.45) is 11.0. The molecule has 1 atom stereocenters. The second-order valence-electron chi connectivity index (χ2n) is 20.6. The Morgan fingerprint density at radius 3 is 2.43 bits per heavy atom. The van der Waals surface area contributed by atoms with E-state index in [1.807, 2.05) is 57.4 Å². The molecule has 83 heavy (non-hydrogen) atoms. The van der Waals surface area contributed by atoms with E-state index in [2.05, 4.69) is 70.4 Å². The first kappa shape index (κ1) is 63.3. The fraction of sp³-hybridized carbons (Fsp3) is 0.373. The zero-order chi connectivity index (χ0) is 60.3. The molecule has 0 aliphatic heterocycles. The van der Waals surface area contributed by atoms with Gasteiger partial charge in [-0.25, -0.2) is 28.7 Å². The van der Waals surface area contributed by atoms with E-state index in [0.717, 1.165) is 21.3 Å². The molecule has 1 unspecified atom stereocenters. The normalized spacial score (nSPS) is 11.5. The number of benzene rings is 3. The predicted molar refractivity (Wildman–Crippen MR) is 318 cm³/mol. The van der Waals surface area contributed by atoms with Crippen LogP contribution in [0.4, 0.5) is 41.6 Å². The van der Waals surface area contributed by atoms with Gasteiger partial charge in [0.25, 0.3) is 0 Å². The topological polar surface area (TPSA) is 251 Å². The third-order valence-corrected chi connectivity index (χ3v) is 14.2. The van der Waals surface area contributed by atoms with Gasteiger partial charge < -0.3 is 55.3 Å². The lowest BCUT2D eigenvalue weighted by Gasteiger charge is -2.29. The summed E-state index contributed by atoms with van der Waals surface area (Å²) in [5, 5.41) is 34.1. The molecule has 21 nitrogen and oxygen atoms in total. The highest BCUT2D eigenvalue weighted by Gasteiger charge is 2.26. The number of carboxylic acids is 1. The lowest BCUT2D eigenvalue weighted by Crippen LogP contribution is -2.48. The molecular weight excluding hydrogens is 1100 g/mol. The summed E-state index contributed by atoms with van der Waals surface area (Å²) in [4.78, 5) is 76.8. The summed E-state index contributed by atoms with van der Waals surface area (Å²) in [5.41, 5.74) is 3.01. The van der Waals surface area contributed by atoms with Crippen molar-refractivity contribution in [3.63, 3.8) is 0 Å². The Kier molecular flexibility index (Phi) is 22.7. The number of ether oxygens (including phenoxy) is 3. The van der Waals surface area contributed by atoms with Crippen LogP contribution in [0.3, 0.4) is 0 Å². The molecule has 3 aromatic heterocycles. The standard InChI is InChI=1S/C59H67FN12O9S2/c1-11-28-71(58(78)80-30-12-2)36-41-34-42(63-53(74)45(20-15-27-61-7)64-50(73)35-62-57(77)81-59(4,5)6)25-24-40(41)37-72(9,10)29-16-18-39-23-26-46(43(60)33-39)79-31-17-22-48-51(54(75)76)66-56(83-48)70(8)49-32-38(3)52(69-68-49)67-55-65-44-19-13-14-21-47(44)82-55/h1-2,13-14,19,21,23-26,32-34,45,61H,15,17,20,22,27-31,35-37H2,3-10H3,(H4-,62,63,64,65,67,69,73,74,75,76,77)/p+1. The fourth-order valence-corrected chi connectivity index (χ4v) is 10.0. The highest BCUT2D eigenvalue weighted by Crippen LogP contribution is 2.33. The van der Waals surface area contributed by atoms with E-state index < -0.39 is 54.0 Å². The molecule has 4 amide bonds. The van der Waals surface area contributed by atoms with Gasteiger partial charge in [-0.15, -0.1) is 34.4 Å². The Bertz CT molecular complexity index is 3410.